The summed E-state index contributed by atoms with van der Waals surface area (Å²) in [4.78, 5) is 16.2. The summed E-state index contributed by atoms with van der Waals surface area (Å²) in [5.41, 5.74) is 9.37. The van der Waals surface area contributed by atoms with Crippen molar-refractivity contribution in [1.29, 1.82) is 0 Å². The average Bonchev–Trinajstić information content (AvgIpc) is 3.00. The third-order valence-corrected chi connectivity index (χ3v) is 4.37. The highest BCUT2D eigenvalue weighted by Crippen LogP contribution is 2.32. The number of amides is 1. The molecule has 2 aromatic rings. The zero-order chi connectivity index (χ0) is 16.0. The molecular weight excluding hydrogens is 294 g/mol. The van der Waals surface area contributed by atoms with Crippen molar-refractivity contribution in [3.8, 4) is 11.6 Å². The van der Waals surface area contributed by atoms with Crippen LogP contribution in [0.25, 0.3) is 0 Å². The van der Waals surface area contributed by atoms with Gasteiger partial charge in [-0.1, -0.05) is 6.07 Å². The highest BCUT2D eigenvalue weighted by molar-refractivity contribution is 5.98. The first-order chi connectivity index (χ1) is 11.1. The highest BCUT2D eigenvalue weighted by atomic mass is 16.5. The number of hydrogen-bond donors (Lipinski definition) is 2. The zero-order valence-corrected chi connectivity index (χ0v) is 12.5. The first-order valence-electron chi connectivity index (χ1n) is 7.70. The van der Waals surface area contributed by atoms with Gasteiger partial charge in [0.15, 0.2) is 0 Å². The lowest BCUT2D eigenvalue weighted by Crippen LogP contribution is -2.47. The van der Waals surface area contributed by atoms with Crippen LogP contribution in [0.15, 0.2) is 30.3 Å². The number of hydrogen-bond acceptors (Lipinski definition) is 5. The molecule has 0 saturated heterocycles. The van der Waals surface area contributed by atoms with E-state index in [0.29, 0.717) is 28.8 Å². The van der Waals surface area contributed by atoms with E-state index in [2.05, 4.69) is 11.1 Å². The molecule has 2 aliphatic rings. The first-order valence-corrected chi connectivity index (χ1v) is 7.70. The van der Waals surface area contributed by atoms with E-state index in [1.165, 1.54) is 5.56 Å². The molecule has 2 heterocycles. The minimum Gasteiger partial charge on any atom is -0.439 e. The van der Waals surface area contributed by atoms with Crippen molar-refractivity contribution < 1.29 is 14.7 Å². The molecule has 6 heteroatoms. The summed E-state index contributed by atoms with van der Waals surface area (Å²) in [7, 11) is 0. The van der Waals surface area contributed by atoms with Crippen molar-refractivity contribution in [2.75, 3.05) is 5.06 Å². The summed E-state index contributed by atoms with van der Waals surface area (Å²) < 4.78 is 5.83. The lowest BCUT2D eigenvalue weighted by atomic mass is 9.99. The summed E-state index contributed by atoms with van der Waals surface area (Å²) in [6, 6.07) is 8.35. The fourth-order valence-electron chi connectivity index (χ4n) is 3.17. The fraction of sp³-hybridized carbons (Fsp3) is 0.294. The van der Waals surface area contributed by atoms with E-state index in [0.717, 1.165) is 30.5 Å². The number of pyridine rings is 1. The lowest BCUT2D eigenvalue weighted by molar-refractivity contribution is -0.125. The topological polar surface area (TPSA) is 88.7 Å². The molecule has 1 aliphatic carbocycles. The molecule has 3 N–H and O–H groups in total. The van der Waals surface area contributed by atoms with Crippen LogP contribution in [0.2, 0.25) is 0 Å². The Balaban J connectivity index is 1.61. The SMILES string of the molecule is NC1Cc2cc(Oc3ccc4c(n3)CCC4)ccc2N(O)C1=O. The number of rotatable bonds is 2. The Kier molecular flexibility index (Phi) is 3.28. The maximum Gasteiger partial charge on any atom is 0.267 e. The Morgan fingerprint density at radius 3 is 2.96 bits per heavy atom. The molecule has 1 atom stereocenters. The van der Waals surface area contributed by atoms with Gasteiger partial charge in [0.25, 0.3) is 5.91 Å². The monoisotopic (exact) mass is 311 g/mol. The van der Waals surface area contributed by atoms with Crippen LogP contribution in [0.1, 0.15) is 23.2 Å². The van der Waals surface area contributed by atoms with Gasteiger partial charge in [-0.05, 0) is 55.0 Å². The normalized spacial score (nSPS) is 19.5. The molecule has 0 fully saturated rings. The Labute approximate surface area is 133 Å². The predicted molar refractivity (Wildman–Crippen MR) is 83.7 cm³/mol. The number of anilines is 1. The second-order valence-electron chi connectivity index (χ2n) is 5.96. The fourth-order valence-corrected chi connectivity index (χ4v) is 3.17. The summed E-state index contributed by atoms with van der Waals surface area (Å²) >= 11 is 0. The third-order valence-electron chi connectivity index (χ3n) is 4.37. The maximum absolute atomic E-state index is 11.7. The summed E-state index contributed by atoms with van der Waals surface area (Å²) in [5.74, 6) is 0.679. The van der Waals surface area contributed by atoms with Crippen molar-refractivity contribution in [2.24, 2.45) is 5.73 Å². The zero-order valence-electron chi connectivity index (χ0n) is 12.5. The van der Waals surface area contributed by atoms with Gasteiger partial charge in [0, 0.05) is 11.8 Å². The molecule has 0 saturated carbocycles. The molecule has 0 spiro atoms. The van der Waals surface area contributed by atoms with Crippen molar-refractivity contribution in [3.05, 3.63) is 47.2 Å². The Morgan fingerprint density at radius 2 is 2.09 bits per heavy atom. The van der Waals surface area contributed by atoms with Gasteiger partial charge in [-0.2, -0.15) is 5.06 Å². The molecule has 0 bridgehead atoms. The smallest absolute Gasteiger partial charge is 0.267 e. The first kappa shape index (κ1) is 14.2. The third kappa shape index (κ3) is 2.46. The molecular formula is C17H17N3O3. The molecule has 1 amide bonds. The Morgan fingerprint density at radius 1 is 1.22 bits per heavy atom. The van der Waals surface area contributed by atoms with E-state index in [9.17, 15) is 10.0 Å². The van der Waals surface area contributed by atoms with E-state index in [-0.39, 0.29) is 0 Å². The molecule has 1 aromatic heterocycles. The predicted octanol–water partition coefficient (Wildman–Crippen LogP) is 1.97. The number of aryl methyl sites for hydroxylation is 2. The van der Waals surface area contributed by atoms with Gasteiger partial charge in [-0.25, -0.2) is 4.98 Å². The van der Waals surface area contributed by atoms with Crippen molar-refractivity contribution in [1.82, 2.24) is 4.98 Å². The van der Waals surface area contributed by atoms with E-state index < -0.39 is 11.9 Å². The van der Waals surface area contributed by atoms with Crippen molar-refractivity contribution in [3.63, 3.8) is 0 Å². The second kappa shape index (κ2) is 5.33. The van der Waals surface area contributed by atoms with E-state index >= 15 is 0 Å². The van der Waals surface area contributed by atoms with Crippen LogP contribution < -0.4 is 15.5 Å². The number of benzene rings is 1. The number of aromatic nitrogens is 1. The quantitative estimate of drug-likeness (QED) is 0.828. The summed E-state index contributed by atoms with van der Waals surface area (Å²) in [6.07, 6.45) is 3.59. The van der Waals surface area contributed by atoms with Gasteiger partial charge >= 0.3 is 0 Å². The number of carbonyl (C=O) groups is 1. The van der Waals surface area contributed by atoms with Gasteiger partial charge in [0.2, 0.25) is 5.88 Å². The number of fused-ring (bicyclic) bond motifs is 2. The van der Waals surface area contributed by atoms with Gasteiger partial charge in [0.05, 0.1) is 11.7 Å². The minimum atomic E-state index is -0.735. The Hall–Kier alpha value is -2.44. The molecule has 1 aliphatic heterocycles. The van der Waals surface area contributed by atoms with E-state index in [1.54, 1.807) is 18.2 Å². The molecule has 118 valence electrons. The molecule has 0 radical (unpaired) electrons. The van der Waals surface area contributed by atoms with Crippen LogP contribution in [-0.4, -0.2) is 22.1 Å². The largest absolute Gasteiger partial charge is 0.439 e. The van der Waals surface area contributed by atoms with Crippen LogP contribution in [0, 0.1) is 0 Å². The highest BCUT2D eigenvalue weighted by Gasteiger charge is 2.29. The van der Waals surface area contributed by atoms with E-state index in [4.69, 9.17) is 10.5 Å². The van der Waals surface area contributed by atoms with Crippen LogP contribution in [0.3, 0.4) is 0 Å². The van der Waals surface area contributed by atoms with Gasteiger partial charge in [-0.15, -0.1) is 0 Å². The number of ether oxygens (including phenoxy) is 1. The van der Waals surface area contributed by atoms with Gasteiger partial charge in [0.1, 0.15) is 5.75 Å². The van der Waals surface area contributed by atoms with Crippen LogP contribution in [-0.2, 0) is 24.1 Å². The molecule has 6 nitrogen and oxygen atoms in total. The second-order valence-corrected chi connectivity index (χ2v) is 5.96. The number of hydroxylamine groups is 1. The van der Waals surface area contributed by atoms with Crippen LogP contribution in [0.4, 0.5) is 5.69 Å². The van der Waals surface area contributed by atoms with Crippen molar-refractivity contribution >= 4 is 11.6 Å². The van der Waals surface area contributed by atoms with E-state index in [1.807, 2.05) is 6.07 Å². The molecule has 1 aromatic carbocycles. The lowest BCUT2D eigenvalue weighted by Gasteiger charge is -2.27. The summed E-state index contributed by atoms with van der Waals surface area (Å²) in [6.45, 7) is 0. The number of carbonyl (C=O) groups excluding carboxylic acids is 1. The maximum atomic E-state index is 11.7. The van der Waals surface area contributed by atoms with Crippen molar-refractivity contribution in [2.45, 2.75) is 31.7 Å². The molecule has 4 rings (SSSR count). The minimum absolute atomic E-state index is 0.375. The Bertz CT molecular complexity index is 791. The van der Waals surface area contributed by atoms with Crippen LogP contribution in [0.5, 0.6) is 11.6 Å². The summed E-state index contributed by atoms with van der Waals surface area (Å²) in [5, 5.41) is 10.4. The molecule has 1 unspecified atom stereocenters. The average molecular weight is 311 g/mol. The molecule has 23 heavy (non-hydrogen) atoms. The van der Waals surface area contributed by atoms with Gasteiger partial charge < -0.3 is 10.5 Å². The number of nitrogens with zero attached hydrogens (tertiary/aromatic N) is 2. The van der Waals surface area contributed by atoms with Crippen LogP contribution >= 0.6 is 0 Å². The number of nitrogens with two attached hydrogens (primary N) is 1. The van der Waals surface area contributed by atoms with Gasteiger partial charge in [-0.3, -0.25) is 10.0 Å². The standard InChI is InChI=1S/C17H17N3O3/c18-13-9-11-8-12(5-6-15(11)20(22)17(13)21)23-16-7-4-10-2-1-3-14(10)19-16/h4-8,13,22H,1-3,9,18H2.